The van der Waals surface area contributed by atoms with Crippen molar-refractivity contribution in [1.82, 2.24) is 4.90 Å². The van der Waals surface area contributed by atoms with E-state index in [-0.39, 0.29) is 11.8 Å². The lowest BCUT2D eigenvalue weighted by Gasteiger charge is -2.29. The molecule has 0 unspecified atom stereocenters. The molecular weight excluding hydrogens is 380 g/mol. The summed E-state index contributed by atoms with van der Waals surface area (Å²) in [6.07, 6.45) is 0. The second-order valence-electron chi connectivity index (χ2n) is 7.74. The maximum atomic E-state index is 13.5. The van der Waals surface area contributed by atoms with Gasteiger partial charge in [0, 0.05) is 13.1 Å². The Bertz CT molecular complexity index is 971. The van der Waals surface area contributed by atoms with E-state index >= 15 is 0 Å². The zero-order valence-electron chi connectivity index (χ0n) is 17.6. The van der Waals surface area contributed by atoms with Gasteiger partial charge in [-0.3, -0.25) is 9.59 Å². The molecule has 30 heavy (non-hydrogen) atoms. The Balaban J connectivity index is 1.76. The Hall–Kier alpha value is -3.12. The van der Waals surface area contributed by atoms with Crippen LogP contribution in [0, 0.1) is 0 Å². The molecule has 2 heterocycles. The van der Waals surface area contributed by atoms with Crippen LogP contribution >= 0.6 is 0 Å². The molecule has 6 nitrogen and oxygen atoms in total. The quantitative estimate of drug-likeness (QED) is 0.712. The Kier molecular flexibility index (Phi) is 5.59. The number of methoxy groups -OCH3 is 1. The lowest BCUT2D eigenvalue weighted by atomic mass is 10.0. The standard InChI is InChI=1S/C24H26N2O4/c1-16(2)17-4-8-19(9-5-17)26-23(27)21(18-6-10-20(29-3)11-7-18)22(24(26)28)25-12-14-30-15-13-25/h4-11,16H,12-15H2,1-3H3. The van der Waals surface area contributed by atoms with E-state index < -0.39 is 0 Å². The lowest BCUT2D eigenvalue weighted by molar-refractivity contribution is -0.121. The van der Waals surface area contributed by atoms with Crippen molar-refractivity contribution in [3.63, 3.8) is 0 Å². The topological polar surface area (TPSA) is 59.1 Å². The van der Waals surface area contributed by atoms with E-state index in [1.807, 2.05) is 41.3 Å². The molecule has 0 radical (unpaired) electrons. The fraction of sp³-hybridized carbons (Fsp3) is 0.333. The minimum Gasteiger partial charge on any atom is -0.497 e. The second kappa shape index (κ2) is 8.32. The first-order valence-corrected chi connectivity index (χ1v) is 10.2. The summed E-state index contributed by atoms with van der Waals surface area (Å²) >= 11 is 0. The first kappa shape index (κ1) is 20.2. The van der Waals surface area contributed by atoms with Crippen molar-refractivity contribution in [2.45, 2.75) is 19.8 Å². The van der Waals surface area contributed by atoms with Crippen molar-refractivity contribution in [2.75, 3.05) is 38.3 Å². The number of morpholine rings is 1. The minimum atomic E-state index is -0.302. The lowest BCUT2D eigenvalue weighted by Crippen LogP contribution is -2.40. The molecule has 0 bridgehead atoms. The largest absolute Gasteiger partial charge is 0.497 e. The van der Waals surface area contributed by atoms with Crippen molar-refractivity contribution < 1.29 is 19.1 Å². The maximum Gasteiger partial charge on any atom is 0.282 e. The average Bonchev–Trinajstić information content (AvgIpc) is 3.04. The molecule has 2 aliphatic heterocycles. The molecule has 0 spiro atoms. The van der Waals surface area contributed by atoms with Crippen LogP contribution in [0.1, 0.15) is 30.9 Å². The normalized spacial score (nSPS) is 17.3. The van der Waals surface area contributed by atoms with Gasteiger partial charge >= 0.3 is 0 Å². The summed E-state index contributed by atoms with van der Waals surface area (Å²) in [5, 5.41) is 0. The van der Waals surface area contributed by atoms with Gasteiger partial charge in [0.1, 0.15) is 11.4 Å². The van der Waals surface area contributed by atoms with E-state index in [9.17, 15) is 9.59 Å². The zero-order chi connectivity index (χ0) is 21.3. The summed E-state index contributed by atoms with van der Waals surface area (Å²) in [5.74, 6) is 0.486. The number of ether oxygens (including phenoxy) is 2. The van der Waals surface area contributed by atoms with Gasteiger partial charge in [-0.1, -0.05) is 38.1 Å². The third kappa shape index (κ3) is 3.59. The van der Waals surface area contributed by atoms with E-state index in [1.165, 1.54) is 4.90 Å². The van der Waals surface area contributed by atoms with Crippen molar-refractivity contribution in [3.8, 4) is 5.75 Å². The van der Waals surface area contributed by atoms with Crippen LogP contribution in [0.2, 0.25) is 0 Å². The van der Waals surface area contributed by atoms with Gasteiger partial charge in [-0.2, -0.15) is 0 Å². The fourth-order valence-electron chi connectivity index (χ4n) is 3.86. The SMILES string of the molecule is COc1ccc(C2=C(N3CCOCC3)C(=O)N(c3ccc(C(C)C)cc3)C2=O)cc1. The van der Waals surface area contributed by atoms with Gasteiger partial charge in [0.25, 0.3) is 11.8 Å². The molecule has 6 heteroatoms. The van der Waals surface area contributed by atoms with Crippen molar-refractivity contribution in [2.24, 2.45) is 0 Å². The van der Waals surface area contributed by atoms with Crippen LogP contribution in [-0.4, -0.2) is 50.1 Å². The number of imide groups is 1. The van der Waals surface area contributed by atoms with Crippen LogP contribution in [-0.2, 0) is 14.3 Å². The van der Waals surface area contributed by atoms with Crippen LogP contribution in [0.5, 0.6) is 5.75 Å². The number of carbonyl (C=O) groups is 2. The first-order valence-electron chi connectivity index (χ1n) is 10.2. The van der Waals surface area contributed by atoms with Crippen molar-refractivity contribution in [1.29, 1.82) is 0 Å². The Morgan fingerprint density at radius 2 is 1.53 bits per heavy atom. The maximum absolute atomic E-state index is 13.5. The number of nitrogens with zero attached hydrogens (tertiary/aromatic N) is 2. The molecule has 0 saturated carbocycles. The number of rotatable bonds is 5. The molecule has 0 N–H and O–H groups in total. The highest BCUT2D eigenvalue weighted by molar-refractivity contribution is 6.45. The van der Waals surface area contributed by atoms with Gasteiger partial charge in [0.05, 0.1) is 31.6 Å². The van der Waals surface area contributed by atoms with E-state index in [0.29, 0.717) is 60.5 Å². The highest BCUT2D eigenvalue weighted by Gasteiger charge is 2.42. The molecular formula is C24H26N2O4. The van der Waals surface area contributed by atoms with Gasteiger partial charge in [-0.25, -0.2) is 4.90 Å². The Morgan fingerprint density at radius 3 is 2.10 bits per heavy atom. The molecule has 0 aliphatic carbocycles. The molecule has 0 aromatic heterocycles. The average molecular weight is 406 g/mol. The number of anilines is 1. The minimum absolute atomic E-state index is 0.287. The Labute approximate surface area is 176 Å². The summed E-state index contributed by atoms with van der Waals surface area (Å²) in [5.41, 5.74) is 3.33. The third-order valence-electron chi connectivity index (χ3n) is 5.58. The second-order valence-corrected chi connectivity index (χ2v) is 7.74. The van der Waals surface area contributed by atoms with E-state index in [1.54, 1.807) is 19.2 Å². The molecule has 4 rings (SSSR count). The van der Waals surface area contributed by atoms with E-state index in [2.05, 4.69) is 13.8 Å². The predicted molar refractivity (Wildman–Crippen MR) is 115 cm³/mol. The number of amides is 2. The van der Waals surface area contributed by atoms with Crippen LogP contribution in [0.25, 0.3) is 5.57 Å². The first-order chi connectivity index (χ1) is 14.5. The number of hydrogen-bond acceptors (Lipinski definition) is 5. The third-order valence-corrected chi connectivity index (χ3v) is 5.58. The zero-order valence-corrected chi connectivity index (χ0v) is 17.6. The molecule has 2 aromatic carbocycles. The Morgan fingerprint density at radius 1 is 0.900 bits per heavy atom. The fourth-order valence-corrected chi connectivity index (χ4v) is 3.86. The molecule has 2 amide bonds. The monoisotopic (exact) mass is 406 g/mol. The molecule has 1 saturated heterocycles. The summed E-state index contributed by atoms with van der Waals surface area (Å²) in [6.45, 7) is 6.44. The van der Waals surface area contributed by atoms with Crippen LogP contribution in [0.3, 0.4) is 0 Å². The molecule has 2 aliphatic rings. The van der Waals surface area contributed by atoms with Gasteiger partial charge < -0.3 is 14.4 Å². The van der Waals surface area contributed by atoms with Gasteiger partial charge in [-0.15, -0.1) is 0 Å². The summed E-state index contributed by atoms with van der Waals surface area (Å²) in [6, 6.07) is 14.9. The summed E-state index contributed by atoms with van der Waals surface area (Å²) in [7, 11) is 1.60. The van der Waals surface area contributed by atoms with Gasteiger partial charge in [0.2, 0.25) is 0 Å². The summed E-state index contributed by atoms with van der Waals surface area (Å²) < 4.78 is 10.7. The number of benzene rings is 2. The highest BCUT2D eigenvalue weighted by Crippen LogP contribution is 2.36. The number of carbonyl (C=O) groups excluding carboxylic acids is 2. The highest BCUT2D eigenvalue weighted by atomic mass is 16.5. The molecule has 2 aromatic rings. The summed E-state index contributed by atoms with van der Waals surface area (Å²) in [4.78, 5) is 30.2. The van der Waals surface area contributed by atoms with E-state index in [4.69, 9.17) is 9.47 Å². The van der Waals surface area contributed by atoms with E-state index in [0.717, 1.165) is 5.56 Å². The molecule has 156 valence electrons. The van der Waals surface area contributed by atoms with Crippen molar-refractivity contribution in [3.05, 3.63) is 65.4 Å². The van der Waals surface area contributed by atoms with Crippen LogP contribution in [0.4, 0.5) is 5.69 Å². The van der Waals surface area contributed by atoms with Crippen LogP contribution < -0.4 is 9.64 Å². The van der Waals surface area contributed by atoms with Crippen molar-refractivity contribution >= 4 is 23.1 Å². The van der Waals surface area contributed by atoms with Crippen LogP contribution in [0.15, 0.2) is 54.2 Å². The van der Waals surface area contributed by atoms with Gasteiger partial charge in [-0.05, 0) is 41.3 Å². The number of hydrogen-bond donors (Lipinski definition) is 0. The predicted octanol–water partition coefficient (Wildman–Crippen LogP) is 3.44. The molecule has 0 atom stereocenters. The molecule has 1 fully saturated rings. The smallest absolute Gasteiger partial charge is 0.282 e. The van der Waals surface area contributed by atoms with Gasteiger partial charge in [0.15, 0.2) is 0 Å².